The zero-order valence-corrected chi connectivity index (χ0v) is 20.6. The molecule has 2 aromatic rings. The number of hydrogen-bond donors (Lipinski definition) is 3. The molecule has 3 N–H and O–H groups in total. The van der Waals surface area contributed by atoms with Gasteiger partial charge in [0.25, 0.3) is 0 Å². The summed E-state index contributed by atoms with van der Waals surface area (Å²) in [5, 5.41) is 13.1. The van der Waals surface area contributed by atoms with Crippen molar-refractivity contribution in [3.8, 4) is 0 Å². The predicted octanol–water partition coefficient (Wildman–Crippen LogP) is 4.05. The molecule has 2 aliphatic heterocycles. The maximum atomic E-state index is 12.7. The molecule has 5 nitrogen and oxygen atoms in total. The van der Waals surface area contributed by atoms with E-state index < -0.39 is 0 Å². The Morgan fingerprint density at radius 3 is 2.26 bits per heavy atom. The van der Waals surface area contributed by atoms with Gasteiger partial charge < -0.3 is 20.9 Å². The van der Waals surface area contributed by atoms with Gasteiger partial charge in [0.1, 0.15) is 0 Å². The number of nitrogens with zero attached hydrogens (tertiary/aromatic N) is 1. The van der Waals surface area contributed by atoms with Crippen LogP contribution < -0.4 is 16.0 Å². The minimum absolute atomic E-state index is 0.135. The fourth-order valence-corrected chi connectivity index (χ4v) is 5.22. The highest BCUT2D eigenvalue weighted by Gasteiger charge is 2.21. The summed E-state index contributed by atoms with van der Waals surface area (Å²) >= 11 is 0. The number of piperidine rings is 2. The van der Waals surface area contributed by atoms with Crippen molar-refractivity contribution in [3.63, 3.8) is 0 Å². The second-order valence-electron chi connectivity index (χ2n) is 9.98. The highest BCUT2D eigenvalue weighted by atomic mass is 16.2. The lowest BCUT2D eigenvalue weighted by atomic mass is 9.96. The van der Waals surface area contributed by atoms with Gasteiger partial charge in [-0.05, 0) is 112 Å². The van der Waals surface area contributed by atoms with E-state index in [1.165, 1.54) is 56.1 Å². The summed E-state index contributed by atoms with van der Waals surface area (Å²) < 4.78 is 0. The maximum Gasteiger partial charge on any atom is 0.246 e. The number of likely N-dealkylation sites (tertiary alicyclic amines) is 1. The van der Waals surface area contributed by atoms with Crippen LogP contribution in [0.5, 0.6) is 0 Å². The number of rotatable bonds is 11. The second-order valence-corrected chi connectivity index (χ2v) is 9.98. The molecule has 2 saturated heterocycles. The lowest BCUT2D eigenvalue weighted by Gasteiger charge is -2.31. The molecule has 2 fully saturated rings. The molecule has 2 aliphatic rings. The molecule has 2 aromatic carbocycles. The molecule has 5 heteroatoms. The molecular formula is C29H42N4O. The zero-order chi connectivity index (χ0) is 23.4. The first kappa shape index (κ1) is 24.9. The fraction of sp³-hybridized carbons (Fsp3) is 0.552. The van der Waals surface area contributed by atoms with E-state index in [0.29, 0.717) is 5.92 Å². The predicted molar refractivity (Wildman–Crippen MR) is 143 cm³/mol. The molecule has 0 spiro atoms. The number of nitrogens with one attached hydrogen (secondary N) is 3. The largest absolute Gasteiger partial charge is 0.339 e. The molecule has 4 rings (SSSR count). The molecule has 0 saturated carbocycles. The molecular weight excluding hydrogens is 420 g/mol. The quantitative estimate of drug-likeness (QED) is 0.348. The Morgan fingerprint density at radius 2 is 1.53 bits per heavy atom. The Hall–Kier alpha value is -2.21. The number of hydrogen-bond acceptors (Lipinski definition) is 4. The van der Waals surface area contributed by atoms with Gasteiger partial charge in [-0.3, -0.25) is 4.79 Å². The Labute approximate surface area is 205 Å². The summed E-state index contributed by atoms with van der Waals surface area (Å²) in [5.74, 6) is 1.69. The molecule has 1 amide bonds. The molecule has 0 aromatic heterocycles. The molecule has 0 aliphatic carbocycles. The van der Waals surface area contributed by atoms with Crippen LogP contribution in [-0.2, 0) is 4.79 Å². The SMILES string of the molecule is O=C(/C=C/c1cccc2ccccc12)N1CCC(CNCCCCNCC2CCNCC2)CC1. The normalized spacial score (nSPS) is 18.2. The smallest absolute Gasteiger partial charge is 0.246 e. The van der Waals surface area contributed by atoms with E-state index in [2.05, 4.69) is 46.3 Å². The van der Waals surface area contributed by atoms with Crippen LogP contribution in [0.25, 0.3) is 16.8 Å². The van der Waals surface area contributed by atoms with Crippen LogP contribution in [0.3, 0.4) is 0 Å². The van der Waals surface area contributed by atoms with Gasteiger partial charge >= 0.3 is 0 Å². The summed E-state index contributed by atoms with van der Waals surface area (Å²) in [6.07, 6.45) is 11.0. The van der Waals surface area contributed by atoms with Gasteiger partial charge in [0.15, 0.2) is 0 Å². The standard InChI is InChI=1S/C29H42N4O/c34-29(11-10-27-8-5-7-26-6-1-2-9-28(26)27)33-20-14-25(15-21-33)23-32-17-4-3-16-31-22-24-12-18-30-19-13-24/h1-2,5-11,24-25,30-32H,3-4,12-23H2/b11-10+. The minimum Gasteiger partial charge on any atom is -0.339 e. The van der Waals surface area contributed by atoms with Gasteiger partial charge in [-0.1, -0.05) is 42.5 Å². The lowest BCUT2D eigenvalue weighted by Crippen LogP contribution is -2.40. The molecule has 2 heterocycles. The van der Waals surface area contributed by atoms with Gasteiger partial charge in [0.05, 0.1) is 0 Å². The average molecular weight is 463 g/mol. The van der Waals surface area contributed by atoms with Crippen LogP contribution in [0.1, 0.15) is 44.1 Å². The van der Waals surface area contributed by atoms with Gasteiger partial charge in [0.2, 0.25) is 5.91 Å². The molecule has 0 unspecified atom stereocenters. The van der Waals surface area contributed by atoms with Gasteiger partial charge in [-0.15, -0.1) is 0 Å². The van der Waals surface area contributed by atoms with Gasteiger partial charge in [0, 0.05) is 19.2 Å². The summed E-state index contributed by atoms with van der Waals surface area (Å²) in [7, 11) is 0. The Balaban J connectivity index is 1.07. The number of carbonyl (C=O) groups excluding carboxylic acids is 1. The molecule has 0 bridgehead atoms. The molecule has 0 radical (unpaired) electrons. The number of fused-ring (bicyclic) bond motifs is 1. The molecule has 34 heavy (non-hydrogen) atoms. The topological polar surface area (TPSA) is 56.4 Å². The first-order valence-electron chi connectivity index (χ1n) is 13.4. The minimum atomic E-state index is 0.135. The maximum absolute atomic E-state index is 12.7. The van der Waals surface area contributed by atoms with Crippen molar-refractivity contribution in [2.24, 2.45) is 11.8 Å². The number of amides is 1. The number of carbonyl (C=O) groups is 1. The number of benzene rings is 2. The van der Waals surface area contributed by atoms with E-state index in [1.807, 2.05) is 23.1 Å². The highest BCUT2D eigenvalue weighted by molar-refractivity contribution is 5.96. The second kappa shape index (κ2) is 13.6. The van der Waals surface area contributed by atoms with E-state index >= 15 is 0 Å². The average Bonchev–Trinajstić information content (AvgIpc) is 2.89. The number of unbranched alkanes of at least 4 members (excludes halogenated alkanes) is 1. The van der Waals surface area contributed by atoms with Crippen molar-refractivity contribution in [2.75, 3.05) is 52.4 Å². The summed E-state index contributed by atoms with van der Waals surface area (Å²) in [6.45, 7) is 8.61. The monoisotopic (exact) mass is 462 g/mol. The van der Waals surface area contributed by atoms with Gasteiger partial charge in [-0.25, -0.2) is 0 Å². The van der Waals surface area contributed by atoms with Crippen LogP contribution in [0.2, 0.25) is 0 Å². The summed E-state index contributed by atoms with van der Waals surface area (Å²) in [4.78, 5) is 14.7. The fourth-order valence-electron chi connectivity index (χ4n) is 5.22. The van der Waals surface area contributed by atoms with Gasteiger partial charge in [-0.2, -0.15) is 0 Å². The van der Waals surface area contributed by atoms with Crippen molar-refractivity contribution >= 4 is 22.8 Å². The van der Waals surface area contributed by atoms with Crippen molar-refractivity contribution in [1.29, 1.82) is 0 Å². The third kappa shape index (κ3) is 7.66. The first-order valence-corrected chi connectivity index (χ1v) is 13.4. The Morgan fingerprint density at radius 1 is 0.882 bits per heavy atom. The third-order valence-corrected chi connectivity index (χ3v) is 7.44. The molecule has 184 valence electrons. The van der Waals surface area contributed by atoms with E-state index in [4.69, 9.17) is 0 Å². The summed E-state index contributed by atoms with van der Waals surface area (Å²) in [5.41, 5.74) is 1.10. The van der Waals surface area contributed by atoms with E-state index in [1.54, 1.807) is 6.08 Å². The van der Waals surface area contributed by atoms with E-state index in [0.717, 1.165) is 57.0 Å². The third-order valence-electron chi connectivity index (χ3n) is 7.44. The van der Waals surface area contributed by atoms with Crippen LogP contribution in [0.4, 0.5) is 0 Å². The molecule has 0 atom stereocenters. The van der Waals surface area contributed by atoms with Crippen molar-refractivity contribution in [2.45, 2.75) is 38.5 Å². The van der Waals surface area contributed by atoms with Crippen LogP contribution in [0.15, 0.2) is 48.5 Å². The zero-order valence-electron chi connectivity index (χ0n) is 20.6. The Kier molecular flexibility index (Phi) is 9.97. The van der Waals surface area contributed by atoms with Crippen molar-refractivity contribution < 1.29 is 4.79 Å². The van der Waals surface area contributed by atoms with E-state index in [9.17, 15) is 4.79 Å². The highest BCUT2D eigenvalue weighted by Crippen LogP contribution is 2.21. The van der Waals surface area contributed by atoms with Crippen LogP contribution in [-0.4, -0.2) is 63.2 Å². The van der Waals surface area contributed by atoms with Crippen molar-refractivity contribution in [1.82, 2.24) is 20.9 Å². The van der Waals surface area contributed by atoms with Crippen LogP contribution in [0, 0.1) is 11.8 Å². The summed E-state index contributed by atoms with van der Waals surface area (Å²) in [6, 6.07) is 14.6. The Bertz CT molecular complexity index is 908. The lowest BCUT2D eigenvalue weighted by molar-refractivity contribution is -0.127. The van der Waals surface area contributed by atoms with Crippen LogP contribution >= 0.6 is 0 Å². The van der Waals surface area contributed by atoms with Crippen molar-refractivity contribution in [3.05, 3.63) is 54.1 Å². The first-order chi connectivity index (χ1) is 16.8. The van der Waals surface area contributed by atoms with E-state index in [-0.39, 0.29) is 5.91 Å².